The van der Waals surface area contributed by atoms with Crippen molar-refractivity contribution in [2.75, 3.05) is 12.8 Å². The van der Waals surface area contributed by atoms with Crippen LogP contribution in [0.25, 0.3) is 0 Å². The third kappa shape index (κ3) is 5.37. The predicted molar refractivity (Wildman–Crippen MR) is 72.7 cm³/mol. The number of hydrogen-bond acceptors (Lipinski definition) is 4. The Hall–Kier alpha value is -0.810. The van der Waals surface area contributed by atoms with Gasteiger partial charge in [0.2, 0.25) is 0 Å². The van der Waals surface area contributed by atoms with Gasteiger partial charge in [0.05, 0.1) is 0 Å². The van der Waals surface area contributed by atoms with Crippen molar-refractivity contribution in [1.82, 2.24) is 15.3 Å². The van der Waals surface area contributed by atoms with Crippen LogP contribution in [0, 0.1) is 6.92 Å². The minimum atomic E-state index is -0.0679. The SMILES string of the molecule is CCC(CCCSc1nc(C)cc(=O)[nH]1)NC. The smallest absolute Gasteiger partial charge is 0.251 e. The van der Waals surface area contributed by atoms with Gasteiger partial charge in [-0.3, -0.25) is 4.79 Å². The minimum absolute atomic E-state index is 0.0679. The number of nitrogens with one attached hydrogen (secondary N) is 2. The first-order chi connectivity index (χ1) is 8.15. The Kier molecular flexibility index (Phi) is 6.29. The molecular weight excluding hydrogens is 234 g/mol. The van der Waals surface area contributed by atoms with E-state index in [0.717, 1.165) is 35.9 Å². The highest BCUT2D eigenvalue weighted by Crippen LogP contribution is 2.14. The summed E-state index contributed by atoms with van der Waals surface area (Å²) in [5.74, 6) is 0.991. The molecule has 1 aromatic heterocycles. The lowest BCUT2D eigenvalue weighted by atomic mass is 10.1. The minimum Gasteiger partial charge on any atom is -0.317 e. The lowest BCUT2D eigenvalue weighted by Gasteiger charge is -2.12. The number of H-pyrrole nitrogens is 1. The van der Waals surface area contributed by atoms with Crippen LogP contribution in [0.15, 0.2) is 16.0 Å². The summed E-state index contributed by atoms with van der Waals surface area (Å²) in [7, 11) is 2.00. The second-order valence-corrected chi connectivity index (χ2v) is 5.16. The highest BCUT2D eigenvalue weighted by Gasteiger charge is 2.03. The molecule has 0 aliphatic carbocycles. The summed E-state index contributed by atoms with van der Waals surface area (Å²) in [6, 6.07) is 2.11. The lowest BCUT2D eigenvalue weighted by molar-refractivity contribution is 0.504. The summed E-state index contributed by atoms with van der Waals surface area (Å²) < 4.78 is 0. The third-order valence-electron chi connectivity index (χ3n) is 2.68. The first kappa shape index (κ1) is 14.3. The van der Waals surface area contributed by atoms with Crippen molar-refractivity contribution in [3.63, 3.8) is 0 Å². The molecule has 2 N–H and O–H groups in total. The Labute approximate surface area is 107 Å². The maximum Gasteiger partial charge on any atom is 0.251 e. The molecule has 1 unspecified atom stereocenters. The van der Waals surface area contributed by atoms with Gasteiger partial charge in [0.25, 0.3) is 5.56 Å². The molecule has 0 spiro atoms. The van der Waals surface area contributed by atoms with Crippen molar-refractivity contribution in [1.29, 1.82) is 0 Å². The van der Waals surface area contributed by atoms with Crippen molar-refractivity contribution in [2.24, 2.45) is 0 Å². The maximum atomic E-state index is 11.2. The van der Waals surface area contributed by atoms with E-state index in [9.17, 15) is 4.79 Å². The van der Waals surface area contributed by atoms with Gasteiger partial charge in [-0.05, 0) is 33.2 Å². The highest BCUT2D eigenvalue weighted by atomic mass is 32.2. The third-order valence-corrected chi connectivity index (χ3v) is 3.64. The Morgan fingerprint density at radius 3 is 2.94 bits per heavy atom. The molecule has 96 valence electrons. The lowest BCUT2D eigenvalue weighted by Crippen LogP contribution is -2.24. The van der Waals surface area contributed by atoms with Gasteiger partial charge in [-0.1, -0.05) is 18.7 Å². The largest absolute Gasteiger partial charge is 0.317 e. The quantitative estimate of drug-likeness (QED) is 0.444. The molecule has 5 heteroatoms. The van der Waals surface area contributed by atoms with Gasteiger partial charge in [-0.15, -0.1) is 0 Å². The summed E-state index contributed by atoms with van der Waals surface area (Å²) in [4.78, 5) is 18.3. The molecule has 4 nitrogen and oxygen atoms in total. The van der Waals surface area contributed by atoms with Crippen LogP contribution in [-0.2, 0) is 0 Å². The van der Waals surface area contributed by atoms with E-state index < -0.39 is 0 Å². The van der Waals surface area contributed by atoms with Crippen LogP contribution in [-0.4, -0.2) is 28.8 Å². The zero-order valence-electron chi connectivity index (χ0n) is 10.7. The van der Waals surface area contributed by atoms with E-state index in [0.29, 0.717) is 6.04 Å². The molecule has 0 aliphatic heterocycles. The Bertz CT molecular complexity index is 388. The highest BCUT2D eigenvalue weighted by molar-refractivity contribution is 7.99. The number of nitrogens with zero attached hydrogens (tertiary/aromatic N) is 1. The molecule has 0 amide bonds. The fourth-order valence-corrected chi connectivity index (χ4v) is 2.56. The molecule has 0 saturated carbocycles. The average Bonchev–Trinajstić information content (AvgIpc) is 2.28. The zero-order chi connectivity index (χ0) is 12.7. The van der Waals surface area contributed by atoms with Crippen molar-refractivity contribution in [2.45, 2.75) is 44.3 Å². The molecule has 1 rings (SSSR count). The molecule has 0 aromatic carbocycles. The van der Waals surface area contributed by atoms with Crippen LogP contribution in [0.3, 0.4) is 0 Å². The normalized spacial score (nSPS) is 12.6. The predicted octanol–water partition coefficient (Wildman–Crippen LogP) is 1.95. The Morgan fingerprint density at radius 2 is 2.35 bits per heavy atom. The van der Waals surface area contributed by atoms with E-state index >= 15 is 0 Å². The van der Waals surface area contributed by atoms with E-state index in [2.05, 4.69) is 22.2 Å². The molecule has 0 saturated heterocycles. The van der Waals surface area contributed by atoms with Crippen LogP contribution in [0.2, 0.25) is 0 Å². The van der Waals surface area contributed by atoms with Crippen LogP contribution in [0.5, 0.6) is 0 Å². The summed E-state index contributed by atoms with van der Waals surface area (Å²) >= 11 is 1.62. The second kappa shape index (κ2) is 7.50. The van der Waals surface area contributed by atoms with Gasteiger partial charge >= 0.3 is 0 Å². The molecule has 0 radical (unpaired) electrons. The molecule has 1 heterocycles. The second-order valence-electron chi connectivity index (χ2n) is 4.08. The maximum absolute atomic E-state index is 11.2. The summed E-state index contributed by atoms with van der Waals surface area (Å²) in [6.45, 7) is 4.03. The van der Waals surface area contributed by atoms with E-state index in [-0.39, 0.29) is 5.56 Å². The Balaban J connectivity index is 2.33. The number of aryl methyl sites for hydroxylation is 1. The van der Waals surface area contributed by atoms with Gasteiger partial charge in [-0.2, -0.15) is 0 Å². The molecule has 1 atom stereocenters. The van der Waals surface area contributed by atoms with E-state index in [1.807, 2.05) is 14.0 Å². The van der Waals surface area contributed by atoms with Gasteiger partial charge in [-0.25, -0.2) is 4.98 Å². The number of aromatic nitrogens is 2. The number of thioether (sulfide) groups is 1. The van der Waals surface area contributed by atoms with Crippen LogP contribution < -0.4 is 10.9 Å². The van der Waals surface area contributed by atoms with Crippen molar-refractivity contribution in [3.8, 4) is 0 Å². The van der Waals surface area contributed by atoms with Crippen molar-refractivity contribution >= 4 is 11.8 Å². The molecule has 1 aromatic rings. The number of aromatic amines is 1. The van der Waals surface area contributed by atoms with E-state index in [1.165, 1.54) is 6.07 Å². The van der Waals surface area contributed by atoms with Gasteiger partial charge in [0, 0.05) is 23.6 Å². The van der Waals surface area contributed by atoms with Crippen molar-refractivity contribution < 1.29 is 0 Å². The zero-order valence-corrected chi connectivity index (χ0v) is 11.6. The van der Waals surface area contributed by atoms with Crippen LogP contribution >= 0.6 is 11.8 Å². The fourth-order valence-electron chi connectivity index (χ4n) is 1.67. The molecule has 0 aliphatic rings. The van der Waals surface area contributed by atoms with Crippen LogP contribution in [0.4, 0.5) is 0 Å². The monoisotopic (exact) mass is 255 g/mol. The van der Waals surface area contributed by atoms with E-state index in [1.54, 1.807) is 11.8 Å². The number of hydrogen-bond donors (Lipinski definition) is 2. The first-order valence-corrected chi connectivity index (χ1v) is 7.02. The topological polar surface area (TPSA) is 57.8 Å². The molecular formula is C12H21N3OS. The van der Waals surface area contributed by atoms with Crippen molar-refractivity contribution in [3.05, 3.63) is 22.1 Å². The molecule has 17 heavy (non-hydrogen) atoms. The standard InChI is InChI=1S/C12H21N3OS/c1-4-10(13-3)6-5-7-17-12-14-9(2)8-11(16)15-12/h8,10,13H,4-7H2,1-3H3,(H,14,15,16). The Morgan fingerprint density at radius 1 is 1.59 bits per heavy atom. The summed E-state index contributed by atoms with van der Waals surface area (Å²) in [6.07, 6.45) is 3.44. The average molecular weight is 255 g/mol. The van der Waals surface area contributed by atoms with Gasteiger partial charge in [0.1, 0.15) is 0 Å². The summed E-state index contributed by atoms with van der Waals surface area (Å²) in [5.41, 5.74) is 0.708. The van der Waals surface area contributed by atoms with Crippen LogP contribution in [0.1, 0.15) is 31.9 Å². The van der Waals surface area contributed by atoms with Gasteiger partial charge < -0.3 is 10.3 Å². The molecule has 0 fully saturated rings. The van der Waals surface area contributed by atoms with E-state index in [4.69, 9.17) is 0 Å². The van der Waals surface area contributed by atoms with Gasteiger partial charge in [0.15, 0.2) is 5.16 Å². The molecule has 0 bridgehead atoms. The fraction of sp³-hybridized carbons (Fsp3) is 0.667. The summed E-state index contributed by atoms with van der Waals surface area (Å²) in [5, 5.41) is 4.02. The number of rotatable bonds is 7. The first-order valence-electron chi connectivity index (χ1n) is 6.03.